The maximum absolute atomic E-state index is 5.97. The highest BCUT2D eigenvalue weighted by Gasteiger charge is 2.13. The first-order valence-electron chi connectivity index (χ1n) is 6.99. The van der Waals surface area contributed by atoms with Gasteiger partial charge in [-0.25, -0.2) is 0 Å². The molecule has 106 valence electrons. The molecule has 0 aromatic heterocycles. The summed E-state index contributed by atoms with van der Waals surface area (Å²) >= 11 is 0. The van der Waals surface area contributed by atoms with Gasteiger partial charge in [-0.05, 0) is 38.9 Å². The third kappa shape index (κ3) is 3.85. The summed E-state index contributed by atoms with van der Waals surface area (Å²) in [5, 5.41) is 0. The average molecular weight is 264 g/mol. The summed E-state index contributed by atoms with van der Waals surface area (Å²) in [6.07, 6.45) is 2.62. The summed E-state index contributed by atoms with van der Waals surface area (Å²) in [7, 11) is 1.66. The van der Waals surface area contributed by atoms with Gasteiger partial charge in [0.1, 0.15) is 18.1 Å². The smallest absolute Gasteiger partial charge is 0.127 e. The zero-order valence-corrected chi connectivity index (χ0v) is 11.9. The largest absolute Gasteiger partial charge is 0.497 e. The Bertz CT molecular complexity index is 401. The molecule has 1 heterocycles. The Balaban J connectivity index is 1.96. The Labute approximate surface area is 115 Å². The van der Waals surface area contributed by atoms with Crippen molar-refractivity contribution in [1.29, 1.82) is 0 Å². The minimum absolute atomic E-state index is 0.0345. The van der Waals surface area contributed by atoms with Crippen molar-refractivity contribution in [2.45, 2.75) is 25.8 Å². The molecule has 0 aliphatic carbocycles. The van der Waals surface area contributed by atoms with E-state index in [-0.39, 0.29) is 6.04 Å². The van der Waals surface area contributed by atoms with Crippen LogP contribution in [0.1, 0.15) is 31.4 Å². The van der Waals surface area contributed by atoms with Crippen LogP contribution in [0.25, 0.3) is 0 Å². The van der Waals surface area contributed by atoms with E-state index in [0.29, 0.717) is 6.61 Å². The molecule has 0 spiro atoms. The number of benzene rings is 1. The fraction of sp³-hybridized carbons (Fsp3) is 0.600. The van der Waals surface area contributed by atoms with Gasteiger partial charge in [-0.2, -0.15) is 0 Å². The predicted octanol–water partition coefficient (Wildman–Crippen LogP) is 2.19. The molecule has 0 amide bonds. The monoisotopic (exact) mass is 264 g/mol. The Morgan fingerprint density at radius 2 is 2.05 bits per heavy atom. The van der Waals surface area contributed by atoms with Crippen molar-refractivity contribution in [2.75, 3.05) is 33.4 Å². The van der Waals surface area contributed by atoms with Gasteiger partial charge in [-0.3, -0.25) is 4.90 Å². The quantitative estimate of drug-likeness (QED) is 0.855. The molecule has 4 heteroatoms. The van der Waals surface area contributed by atoms with Gasteiger partial charge < -0.3 is 15.2 Å². The molecule has 1 aliphatic rings. The van der Waals surface area contributed by atoms with E-state index in [1.807, 2.05) is 25.1 Å². The molecule has 19 heavy (non-hydrogen) atoms. The normalized spacial score (nSPS) is 17.4. The summed E-state index contributed by atoms with van der Waals surface area (Å²) in [6, 6.07) is 5.79. The molecule has 1 aromatic rings. The molecule has 1 aliphatic heterocycles. The Morgan fingerprint density at radius 1 is 1.32 bits per heavy atom. The molecule has 1 atom stereocenters. The Hall–Kier alpha value is -1.26. The van der Waals surface area contributed by atoms with Gasteiger partial charge in [-0.15, -0.1) is 0 Å². The lowest BCUT2D eigenvalue weighted by atomic mass is 10.1. The summed E-state index contributed by atoms with van der Waals surface area (Å²) < 4.78 is 11.1. The highest BCUT2D eigenvalue weighted by Crippen LogP contribution is 2.28. The van der Waals surface area contributed by atoms with E-state index in [9.17, 15) is 0 Å². The molecule has 1 aromatic carbocycles. The van der Waals surface area contributed by atoms with Gasteiger partial charge in [0.15, 0.2) is 0 Å². The second-order valence-electron chi connectivity index (χ2n) is 5.09. The van der Waals surface area contributed by atoms with Crippen molar-refractivity contribution in [1.82, 2.24) is 4.90 Å². The molecule has 1 fully saturated rings. The van der Waals surface area contributed by atoms with E-state index < -0.39 is 0 Å². The zero-order valence-electron chi connectivity index (χ0n) is 11.9. The summed E-state index contributed by atoms with van der Waals surface area (Å²) in [5.74, 6) is 1.65. The lowest BCUT2D eigenvalue weighted by molar-refractivity contribution is 0.235. The lowest BCUT2D eigenvalue weighted by Crippen LogP contribution is -2.25. The molecule has 0 radical (unpaired) electrons. The Morgan fingerprint density at radius 3 is 2.68 bits per heavy atom. The number of nitrogens with two attached hydrogens (primary N) is 1. The van der Waals surface area contributed by atoms with Crippen molar-refractivity contribution in [3.8, 4) is 11.5 Å². The van der Waals surface area contributed by atoms with Gasteiger partial charge >= 0.3 is 0 Å². The van der Waals surface area contributed by atoms with Gasteiger partial charge in [0, 0.05) is 24.2 Å². The average Bonchev–Trinajstić information content (AvgIpc) is 2.91. The highest BCUT2D eigenvalue weighted by atomic mass is 16.5. The fourth-order valence-corrected chi connectivity index (χ4v) is 2.43. The van der Waals surface area contributed by atoms with E-state index >= 15 is 0 Å². The van der Waals surface area contributed by atoms with Crippen LogP contribution in [-0.4, -0.2) is 38.3 Å². The van der Waals surface area contributed by atoms with Crippen molar-refractivity contribution in [3.05, 3.63) is 23.8 Å². The van der Waals surface area contributed by atoms with Crippen molar-refractivity contribution < 1.29 is 9.47 Å². The fourth-order valence-electron chi connectivity index (χ4n) is 2.43. The highest BCUT2D eigenvalue weighted by molar-refractivity contribution is 5.42. The van der Waals surface area contributed by atoms with Crippen molar-refractivity contribution in [2.24, 2.45) is 5.73 Å². The predicted molar refractivity (Wildman–Crippen MR) is 76.8 cm³/mol. The molecule has 4 nitrogen and oxygen atoms in total. The van der Waals surface area contributed by atoms with Gasteiger partial charge in [-0.1, -0.05) is 6.07 Å². The lowest BCUT2D eigenvalue weighted by Gasteiger charge is -2.18. The van der Waals surface area contributed by atoms with E-state index in [2.05, 4.69) is 4.90 Å². The minimum atomic E-state index is -0.0345. The van der Waals surface area contributed by atoms with Crippen LogP contribution in [0.3, 0.4) is 0 Å². The first-order valence-corrected chi connectivity index (χ1v) is 6.99. The number of nitrogens with zero attached hydrogens (tertiary/aromatic N) is 1. The maximum atomic E-state index is 5.97. The SMILES string of the molecule is COc1ccc(C(C)N)c(OCCN2CCCC2)c1. The Kier molecular flexibility index (Phi) is 5.05. The van der Waals surface area contributed by atoms with Crippen LogP contribution in [0.5, 0.6) is 11.5 Å². The number of ether oxygens (including phenoxy) is 2. The summed E-state index contributed by atoms with van der Waals surface area (Å²) in [6.45, 7) is 6.04. The van der Waals surface area contributed by atoms with Crippen LogP contribution < -0.4 is 15.2 Å². The second-order valence-corrected chi connectivity index (χ2v) is 5.09. The third-order valence-corrected chi connectivity index (χ3v) is 3.58. The maximum Gasteiger partial charge on any atom is 0.127 e. The standard InChI is InChI=1S/C15H24N2O2/c1-12(16)14-6-5-13(18-2)11-15(14)19-10-9-17-7-3-4-8-17/h5-6,11-12H,3-4,7-10,16H2,1-2H3. The van der Waals surface area contributed by atoms with Gasteiger partial charge in [0.25, 0.3) is 0 Å². The van der Waals surface area contributed by atoms with Crippen LogP contribution in [0, 0.1) is 0 Å². The molecule has 1 unspecified atom stereocenters. The number of methoxy groups -OCH3 is 1. The molecule has 2 N–H and O–H groups in total. The first kappa shape index (κ1) is 14.2. The van der Waals surface area contributed by atoms with Crippen LogP contribution in [0.15, 0.2) is 18.2 Å². The number of likely N-dealkylation sites (tertiary alicyclic amines) is 1. The zero-order chi connectivity index (χ0) is 13.7. The first-order chi connectivity index (χ1) is 9.20. The summed E-state index contributed by atoms with van der Waals surface area (Å²) in [5.41, 5.74) is 7.00. The van der Waals surface area contributed by atoms with E-state index in [1.54, 1.807) is 7.11 Å². The third-order valence-electron chi connectivity index (χ3n) is 3.58. The molecular weight excluding hydrogens is 240 g/mol. The minimum Gasteiger partial charge on any atom is -0.497 e. The van der Waals surface area contributed by atoms with E-state index in [1.165, 1.54) is 25.9 Å². The number of hydrogen-bond donors (Lipinski definition) is 1. The molecule has 0 saturated carbocycles. The van der Waals surface area contributed by atoms with Gasteiger partial charge in [0.05, 0.1) is 7.11 Å². The number of hydrogen-bond acceptors (Lipinski definition) is 4. The molecule has 2 rings (SSSR count). The van der Waals surface area contributed by atoms with Gasteiger partial charge in [0.2, 0.25) is 0 Å². The van der Waals surface area contributed by atoms with Crippen LogP contribution in [0.4, 0.5) is 0 Å². The topological polar surface area (TPSA) is 47.7 Å². The van der Waals surface area contributed by atoms with E-state index in [4.69, 9.17) is 15.2 Å². The van der Waals surface area contributed by atoms with Crippen LogP contribution in [0.2, 0.25) is 0 Å². The molecular formula is C15H24N2O2. The summed E-state index contributed by atoms with van der Waals surface area (Å²) in [4.78, 5) is 2.44. The second kappa shape index (κ2) is 6.78. The number of rotatable bonds is 6. The van der Waals surface area contributed by atoms with Crippen LogP contribution in [-0.2, 0) is 0 Å². The molecule has 1 saturated heterocycles. The van der Waals surface area contributed by atoms with E-state index in [0.717, 1.165) is 23.6 Å². The van der Waals surface area contributed by atoms with Crippen molar-refractivity contribution >= 4 is 0 Å². The van der Waals surface area contributed by atoms with Crippen LogP contribution >= 0.6 is 0 Å². The van der Waals surface area contributed by atoms with Crippen molar-refractivity contribution in [3.63, 3.8) is 0 Å². The molecule has 0 bridgehead atoms.